The predicted octanol–water partition coefficient (Wildman–Crippen LogP) is 3.18. The van der Waals surface area contributed by atoms with Crippen LogP contribution in [0.4, 0.5) is 5.69 Å². The number of nitro groups is 1. The molecule has 4 rings (SSSR count). The molecule has 0 bridgehead atoms. The summed E-state index contributed by atoms with van der Waals surface area (Å²) in [6.45, 7) is 2.25. The van der Waals surface area contributed by atoms with E-state index < -0.39 is 16.7 Å². The van der Waals surface area contributed by atoms with Crippen molar-refractivity contribution in [2.45, 2.75) is 13.5 Å². The maximum Gasteiger partial charge on any atom is 0.269 e. The van der Waals surface area contributed by atoms with Crippen LogP contribution in [0.15, 0.2) is 65.8 Å². The molecule has 1 aliphatic heterocycles. The normalized spacial score (nSPS) is 11.7. The van der Waals surface area contributed by atoms with Crippen molar-refractivity contribution in [1.82, 2.24) is 10.7 Å². The molecule has 0 fully saturated rings. The SMILES string of the molecule is CCOc1cc(/C=N/NC(=O)CNC(=O)c2ccc3c(c2)OCO3)ccc1OCc1ccc([N+](=O)[O-])cc1. The molecule has 12 nitrogen and oxygen atoms in total. The van der Waals surface area contributed by atoms with Gasteiger partial charge in [0.1, 0.15) is 6.61 Å². The smallest absolute Gasteiger partial charge is 0.269 e. The van der Waals surface area contributed by atoms with E-state index in [2.05, 4.69) is 15.8 Å². The average molecular weight is 520 g/mol. The van der Waals surface area contributed by atoms with Gasteiger partial charge in [0.05, 0.1) is 24.3 Å². The lowest BCUT2D eigenvalue weighted by atomic mass is 10.2. The highest BCUT2D eigenvalue weighted by molar-refractivity contribution is 5.97. The van der Waals surface area contributed by atoms with Gasteiger partial charge in [0.25, 0.3) is 17.5 Å². The number of non-ortho nitro benzene ring substituents is 1. The van der Waals surface area contributed by atoms with Gasteiger partial charge in [-0.25, -0.2) is 5.43 Å². The zero-order chi connectivity index (χ0) is 26.9. The minimum Gasteiger partial charge on any atom is -0.490 e. The van der Waals surface area contributed by atoms with Crippen LogP contribution in [0.2, 0.25) is 0 Å². The first-order chi connectivity index (χ1) is 18.4. The summed E-state index contributed by atoms with van der Waals surface area (Å²) in [7, 11) is 0. The van der Waals surface area contributed by atoms with Crippen molar-refractivity contribution in [2.24, 2.45) is 5.10 Å². The van der Waals surface area contributed by atoms with Gasteiger partial charge in [0, 0.05) is 17.7 Å². The third-order valence-electron chi connectivity index (χ3n) is 5.26. The number of nitrogens with zero attached hydrogens (tertiary/aromatic N) is 2. The maximum atomic E-state index is 12.3. The van der Waals surface area contributed by atoms with E-state index >= 15 is 0 Å². The lowest BCUT2D eigenvalue weighted by Gasteiger charge is -2.12. The van der Waals surface area contributed by atoms with E-state index in [-0.39, 0.29) is 25.6 Å². The van der Waals surface area contributed by atoms with Gasteiger partial charge in [-0.05, 0) is 66.6 Å². The summed E-state index contributed by atoms with van der Waals surface area (Å²) < 4.78 is 21.9. The standard InChI is InChI=1S/C26H24N4O8/c1-2-35-23-11-18(5-9-21(23)36-15-17-3-7-20(8-4-17)30(33)34)13-28-29-25(31)14-27-26(32)19-6-10-22-24(12-19)38-16-37-22/h3-13H,2,14-16H2,1H3,(H,27,32)(H,29,31)/b28-13+. The number of benzene rings is 3. The molecule has 0 radical (unpaired) electrons. The van der Waals surface area contributed by atoms with E-state index in [1.54, 1.807) is 48.5 Å². The molecule has 12 heteroatoms. The molecule has 3 aromatic carbocycles. The van der Waals surface area contributed by atoms with Crippen LogP contribution < -0.4 is 29.7 Å². The number of nitrogens with one attached hydrogen (secondary N) is 2. The number of carbonyl (C=O) groups excluding carboxylic acids is 2. The Balaban J connectivity index is 1.28. The summed E-state index contributed by atoms with van der Waals surface area (Å²) in [6, 6.07) is 16.0. The minimum absolute atomic E-state index is 0.00608. The Morgan fingerprint density at radius 2 is 1.82 bits per heavy atom. The Bertz CT molecular complexity index is 1360. The zero-order valence-electron chi connectivity index (χ0n) is 20.3. The first kappa shape index (κ1) is 25.9. The third kappa shape index (κ3) is 6.75. The van der Waals surface area contributed by atoms with E-state index in [1.807, 2.05) is 6.92 Å². The number of ether oxygens (including phenoxy) is 4. The van der Waals surface area contributed by atoms with Crippen LogP contribution >= 0.6 is 0 Å². The first-order valence-electron chi connectivity index (χ1n) is 11.6. The lowest BCUT2D eigenvalue weighted by molar-refractivity contribution is -0.384. The van der Waals surface area contributed by atoms with Gasteiger partial charge in [0.2, 0.25) is 6.79 Å². The summed E-state index contributed by atoms with van der Waals surface area (Å²) in [4.78, 5) is 34.7. The van der Waals surface area contributed by atoms with Crippen molar-refractivity contribution < 1.29 is 33.5 Å². The van der Waals surface area contributed by atoms with Crippen LogP contribution in [0.3, 0.4) is 0 Å². The van der Waals surface area contributed by atoms with E-state index in [0.29, 0.717) is 40.7 Å². The molecule has 0 unspecified atom stereocenters. The van der Waals surface area contributed by atoms with Gasteiger partial charge in [-0.15, -0.1) is 0 Å². The molecule has 0 aromatic heterocycles. The Labute approximate surface area is 217 Å². The van der Waals surface area contributed by atoms with Gasteiger partial charge in [-0.2, -0.15) is 5.10 Å². The van der Waals surface area contributed by atoms with E-state index in [4.69, 9.17) is 18.9 Å². The van der Waals surface area contributed by atoms with Crippen LogP contribution in [0.5, 0.6) is 23.0 Å². The molecule has 1 heterocycles. The van der Waals surface area contributed by atoms with Gasteiger partial charge in [-0.3, -0.25) is 19.7 Å². The van der Waals surface area contributed by atoms with Gasteiger partial charge >= 0.3 is 0 Å². The quantitative estimate of drug-likeness (QED) is 0.222. The number of hydrazone groups is 1. The Morgan fingerprint density at radius 3 is 2.58 bits per heavy atom. The molecule has 196 valence electrons. The summed E-state index contributed by atoms with van der Waals surface area (Å²) >= 11 is 0. The Morgan fingerprint density at radius 1 is 1.03 bits per heavy atom. The fourth-order valence-corrected chi connectivity index (χ4v) is 3.39. The highest BCUT2D eigenvalue weighted by atomic mass is 16.7. The van der Waals surface area contributed by atoms with Crippen molar-refractivity contribution >= 4 is 23.7 Å². The molecule has 38 heavy (non-hydrogen) atoms. The summed E-state index contributed by atoms with van der Waals surface area (Å²) in [5.74, 6) is 1.04. The van der Waals surface area contributed by atoms with E-state index in [9.17, 15) is 19.7 Å². The second-order valence-electron chi connectivity index (χ2n) is 7.90. The molecule has 3 aromatic rings. The van der Waals surface area contributed by atoms with Crippen LogP contribution in [0, 0.1) is 10.1 Å². The third-order valence-corrected chi connectivity index (χ3v) is 5.26. The number of hydrogen-bond acceptors (Lipinski definition) is 9. The van der Waals surface area contributed by atoms with Crippen LogP contribution in [-0.4, -0.2) is 42.9 Å². The van der Waals surface area contributed by atoms with Crippen molar-refractivity contribution in [3.05, 3.63) is 87.5 Å². The molecule has 0 atom stereocenters. The van der Waals surface area contributed by atoms with Crippen molar-refractivity contribution in [1.29, 1.82) is 0 Å². The van der Waals surface area contributed by atoms with Crippen LogP contribution in [0.1, 0.15) is 28.4 Å². The van der Waals surface area contributed by atoms with Gasteiger partial charge in [0.15, 0.2) is 23.0 Å². The number of hydrogen-bond donors (Lipinski definition) is 2. The predicted molar refractivity (Wildman–Crippen MR) is 136 cm³/mol. The number of amides is 2. The second kappa shape index (κ2) is 12.2. The number of rotatable bonds is 11. The molecular formula is C26H24N4O8. The lowest BCUT2D eigenvalue weighted by Crippen LogP contribution is -2.34. The second-order valence-corrected chi connectivity index (χ2v) is 7.90. The number of carbonyl (C=O) groups is 2. The molecule has 2 N–H and O–H groups in total. The fourth-order valence-electron chi connectivity index (χ4n) is 3.39. The minimum atomic E-state index is -0.511. The van der Waals surface area contributed by atoms with Crippen molar-refractivity contribution in [3.63, 3.8) is 0 Å². The van der Waals surface area contributed by atoms with Crippen molar-refractivity contribution in [3.8, 4) is 23.0 Å². The Hall–Kier alpha value is -5.13. The van der Waals surface area contributed by atoms with Crippen LogP contribution in [0.25, 0.3) is 0 Å². The maximum absolute atomic E-state index is 12.3. The van der Waals surface area contributed by atoms with Crippen molar-refractivity contribution in [2.75, 3.05) is 19.9 Å². The average Bonchev–Trinajstić information content (AvgIpc) is 3.40. The first-order valence-corrected chi connectivity index (χ1v) is 11.6. The van der Waals surface area contributed by atoms with Crippen LogP contribution in [-0.2, 0) is 11.4 Å². The highest BCUT2D eigenvalue weighted by Gasteiger charge is 2.16. The molecule has 0 saturated heterocycles. The summed E-state index contributed by atoms with van der Waals surface area (Å²) in [5, 5.41) is 17.2. The molecule has 0 aliphatic carbocycles. The summed E-state index contributed by atoms with van der Waals surface area (Å²) in [6.07, 6.45) is 1.43. The van der Waals surface area contributed by atoms with E-state index in [1.165, 1.54) is 18.3 Å². The molecule has 2 amide bonds. The van der Waals surface area contributed by atoms with Gasteiger partial charge < -0.3 is 24.3 Å². The number of nitro benzene ring substituents is 1. The molecule has 0 saturated carbocycles. The largest absolute Gasteiger partial charge is 0.490 e. The van der Waals surface area contributed by atoms with E-state index in [0.717, 1.165) is 5.56 Å². The monoisotopic (exact) mass is 520 g/mol. The zero-order valence-corrected chi connectivity index (χ0v) is 20.3. The van der Waals surface area contributed by atoms with Gasteiger partial charge in [-0.1, -0.05) is 0 Å². The summed E-state index contributed by atoms with van der Waals surface area (Å²) in [5.41, 5.74) is 4.10. The topological polar surface area (TPSA) is 151 Å². The Kier molecular flexibility index (Phi) is 8.34. The number of fused-ring (bicyclic) bond motifs is 1. The highest BCUT2D eigenvalue weighted by Crippen LogP contribution is 2.32. The molecular weight excluding hydrogens is 496 g/mol. The molecule has 1 aliphatic rings. The fraction of sp³-hybridized carbons (Fsp3) is 0.192. The molecule has 0 spiro atoms.